The molecule has 1 saturated heterocycles. The van der Waals surface area contributed by atoms with E-state index >= 15 is 0 Å². The van der Waals surface area contributed by atoms with Crippen molar-refractivity contribution in [3.05, 3.63) is 0 Å². The number of piperidine rings is 1. The first-order chi connectivity index (χ1) is 3.39. The van der Waals surface area contributed by atoms with Crippen LogP contribution in [0.3, 0.4) is 0 Å². The summed E-state index contributed by atoms with van der Waals surface area (Å²) in [5, 5.41) is 2.74. The summed E-state index contributed by atoms with van der Waals surface area (Å²) in [5.41, 5.74) is 0. The zero-order valence-electron chi connectivity index (χ0n) is 5.70. The number of amides is 1. The second kappa shape index (κ2) is 10.2. The molecule has 0 saturated carbocycles. The van der Waals surface area contributed by atoms with E-state index in [4.69, 9.17) is 0 Å². The van der Waals surface area contributed by atoms with Crippen molar-refractivity contribution < 1.29 is 38.8 Å². The van der Waals surface area contributed by atoms with E-state index in [1.54, 1.807) is 0 Å². The number of rotatable bonds is 0. The summed E-state index contributed by atoms with van der Waals surface area (Å²) in [6.07, 6.45) is 2.97. The molecule has 1 rings (SSSR count). The maximum atomic E-state index is 10.4. The molecule has 2 nitrogen and oxygen atoms in total. The Morgan fingerprint density at radius 3 is 2.00 bits per heavy atom. The average molecular weight is 283 g/mol. The number of hydrogen-bond donors (Lipinski definition) is 1. The molecule has 1 fully saturated rings. The van der Waals surface area contributed by atoms with Crippen LogP contribution in [0, 0.1) is 0 Å². The standard InChI is InChI=1S/C5H9NO.2BrH.Mg/c7-5-3-1-2-4-6-5;;;/h1-4H2,(H,6,7);2*1H;/q;;;+2/p-2. The monoisotopic (exact) mass is 281 g/mol. The van der Waals surface area contributed by atoms with E-state index < -0.39 is 0 Å². The van der Waals surface area contributed by atoms with Gasteiger partial charge >= 0.3 is 23.1 Å². The van der Waals surface area contributed by atoms with Gasteiger partial charge in [0.25, 0.3) is 0 Å². The molecule has 0 unspecified atom stereocenters. The Morgan fingerprint density at radius 2 is 1.80 bits per heavy atom. The summed E-state index contributed by atoms with van der Waals surface area (Å²) < 4.78 is 0. The van der Waals surface area contributed by atoms with E-state index in [0.717, 1.165) is 25.8 Å². The summed E-state index contributed by atoms with van der Waals surface area (Å²) in [6.45, 7) is 0.888. The minimum absolute atomic E-state index is 0. The number of halogens is 2. The zero-order chi connectivity index (χ0) is 5.11. The number of carbonyl (C=O) groups is 1. The average Bonchev–Trinajstić information content (AvgIpc) is 1.69. The van der Waals surface area contributed by atoms with Crippen LogP contribution in [0.4, 0.5) is 0 Å². The molecule has 1 heterocycles. The fourth-order valence-electron chi connectivity index (χ4n) is 0.727. The zero-order valence-corrected chi connectivity index (χ0v) is 10.3. The Balaban J connectivity index is -0.000000163. The van der Waals surface area contributed by atoms with Gasteiger partial charge in [0.15, 0.2) is 0 Å². The molecular weight excluding hydrogens is 274 g/mol. The Bertz CT molecular complexity index is 83.7. The minimum Gasteiger partial charge on any atom is -1.00 e. The van der Waals surface area contributed by atoms with Gasteiger partial charge in [-0.05, 0) is 12.8 Å². The van der Waals surface area contributed by atoms with Gasteiger partial charge in [0, 0.05) is 13.0 Å². The first-order valence-electron chi connectivity index (χ1n) is 2.66. The summed E-state index contributed by atoms with van der Waals surface area (Å²) in [4.78, 5) is 10.4. The second-order valence-electron chi connectivity index (χ2n) is 1.81. The van der Waals surface area contributed by atoms with Gasteiger partial charge < -0.3 is 39.3 Å². The summed E-state index contributed by atoms with van der Waals surface area (Å²) in [7, 11) is 0. The van der Waals surface area contributed by atoms with Crippen LogP contribution in [-0.2, 0) is 4.79 Å². The summed E-state index contributed by atoms with van der Waals surface area (Å²) in [5.74, 6) is 0.214. The van der Waals surface area contributed by atoms with Crippen LogP contribution in [0.2, 0.25) is 0 Å². The van der Waals surface area contributed by atoms with Crippen molar-refractivity contribution in [3.63, 3.8) is 0 Å². The molecule has 0 spiro atoms. The smallest absolute Gasteiger partial charge is 1.00 e. The van der Waals surface area contributed by atoms with Crippen molar-refractivity contribution in [3.8, 4) is 0 Å². The summed E-state index contributed by atoms with van der Waals surface area (Å²) in [6, 6.07) is 0. The Labute approximate surface area is 98.2 Å². The van der Waals surface area contributed by atoms with Crippen molar-refractivity contribution >= 4 is 29.0 Å². The first kappa shape index (κ1) is 17.3. The molecule has 0 aromatic carbocycles. The molecule has 0 aliphatic carbocycles. The van der Waals surface area contributed by atoms with Crippen molar-refractivity contribution in [2.24, 2.45) is 0 Å². The van der Waals surface area contributed by atoms with E-state index in [1.807, 2.05) is 0 Å². The molecule has 0 aromatic rings. The predicted octanol–water partition coefficient (Wildman–Crippen LogP) is -6.09. The Morgan fingerprint density at radius 1 is 1.20 bits per heavy atom. The van der Waals surface area contributed by atoms with E-state index in [-0.39, 0.29) is 62.9 Å². The molecule has 0 bridgehead atoms. The van der Waals surface area contributed by atoms with Gasteiger partial charge in [-0.3, -0.25) is 4.79 Å². The quantitative estimate of drug-likeness (QED) is 0.441. The van der Waals surface area contributed by atoms with Gasteiger partial charge in [-0.2, -0.15) is 0 Å². The van der Waals surface area contributed by atoms with Gasteiger partial charge in [-0.1, -0.05) is 0 Å². The topological polar surface area (TPSA) is 29.1 Å². The molecule has 1 aliphatic rings. The third kappa shape index (κ3) is 7.30. The maximum absolute atomic E-state index is 10.4. The third-order valence-electron chi connectivity index (χ3n) is 1.15. The second-order valence-corrected chi connectivity index (χ2v) is 1.81. The van der Waals surface area contributed by atoms with Crippen molar-refractivity contribution in [1.82, 2.24) is 5.32 Å². The van der Waals surface area contributed by atoms with Crippen LogP contribution in [0.25, 0.3) is 0 Å². The molecule has 0 atom stereocenters. The SMILES string of the molecule is O=C1CCCCN1.[Br-].[Br-].[Mg+2]. The van der Waals surface area contributed by atoms with Crippen LogP contribution in [-0.4, -0.2) is 35.5 Å². The van der Waals surface area contributed by atoms with Crippen molar-refractivity contribution in [2.75, 3.05) is 6.54 Å². The number of nitrogens with one attached hydrogen (secondary N) is 1. The molecule has 1 amide bonds. The van der Waals surface area contributed by atoms with Crippen LogP contribution in [0.15, 0.2) is 0 Å². The molecule has 0 radical (unpaired) electrons. The summed E-state index contributed by atoms with van der Waals surface area (Å²) >= 11 is 0. The van der Waals surface area contributed by atoms with E-state index in [1.165, 1.54) is 0 Å². The predicted molar refractivity (Wildman–Crippen MR) is 32.6 cm³/mol. The normalized spacial score (nSPS) is 15.0. The van der Waals surface area contributed by atoms with Gasteiger partial charge in [0.05, 0.1) is 0 Å². The first-order valence-corrected chi connectivity index (χ1v) is 2.66. The molecule has 5 heteroatoms. The van der Waals surface area contributed by atoms with Crippen LogP contribution in [0.1, 0.15) is 19.3 Å². The fraction of sp³-hybridized carbons (Fsp3) is 0.800. The van der Waals surface area contributed by atoms with Crippen LogP contribution >= 0.6 is 0 Å². The minimum atomic E-state index is 0. The molecule has 1 aliphatic heterocycles. The third-order valence-corrected chi connectivity index (χ3v) is 1.15. The van der Waals surface area contributed by atoms with Crippen molar-refractivity contribution in [1.29, 1.82) is 0 Å². The maximum Gasteiger partial charge on any atom is 2.00 e. The fourth-order valence-corrected chi connectivity index (χ4v) is 0.727. The van der Waals surface area contributed by atoms with Crippen LogP contribution in [0.5, 0.6) is 0 Å². The molecule has 56 valence electrons. The molecular formula is C5H9Br2MgNO. The van der Waals surface area contributed by atoms with Crippen molar-refractivity contribution in [2.45, 2.75) is 19.3 Å². The van der Waals surface area contributed by atoms with E-state index in [9.17, 15) is 4.79 Å². The van der Waals surface area contributed by atoms with Gasteiger partial charge in [-0.15, -0.1) is 0 Å². The molecule has 0 aromatic heterocycles. The van der Waals surface area contributed by atoms with Crippen LogP contribution < -0.4 is 39.3 Å². The van der Waals surface area contributed by atoms with Gasteiger partial charge in [0.1, 0.15) is 0 Å². The Kier molecular flexibility index (Phi) is 17.7. The Hall–Kier alpha value is 1.20. The molecule has 1 N–H and O–H groups in total. The van der Waals surface area contributed by atoms with Gasteiger partial charge in [-0.25, -0.2) is 0 Å². The number of hydrogen-bond acceptors (Lipinski definition) is 1. The molecule has 10 heavy (non-hydrogen) atoms. The van der Waals surface area contributed by atoms with Gasteiger partial charge in [0.2, 0.25) is 5.91 Å². The van der Waals surface area contributed by atoms with E-state index in [0.29, 0.717) is 0 Å². The largest absolute Gasteiger partial charge is 2.00 e. The van der Waals surface area contributed by atoms with E-state index in [2.05, 4.69) is 5.32 Å². The number of carbonyl (C=O) groups excluding carboxylic acids is 1.